The zero-order valence-corrected chi connectivity index (χ0v) is 15.7. The van der Waals surface area contributed by atoms with Gasteiger partial charge in [0.1, 0.15) is 5.78 Å². The summed E-state index contributed by atoms with van der Waals surface area (Å²) < 4.78 is 6.29. The van der Waals surface area contributed by atoms with Crippen molar-refractivity contribution in [2.45, 2.75) is 76.2 Å². The Hall–Kier alpha value is -0.340. The lowest BCUT2D eigenvalue weighted by Crippen LogP contribution is -2.63. The summed E-state index contributed by atoms with van der Waals surface area (Å²) in [5.74, 6) is 2.56. The Bertz CT molecular complexity index is 627. The predicted molar refractivity (Wildman–Crippen MR) is 95.0 cm³/mol. The van der Waals surface area contributed by atoms with E-state index in [-0.39, 0.29) is 11.5 Å². The van der Waals surface area contributed by atoms with Gasteiger partial charge in [0.2, 0.25) is 0 Å². The van der Waals surface area contributed by atoms with E-state index < -0.39 is 4.87 Å². The summed E-state index contributed by atoms with van der Waals surface area (Å²) in [4.78, 5) is 11.8. The van der Waals surface area contributed by atoms with Crippen molar-refractivity contribution in [1.82, 2.24) is 0 Å². The van der Waals surface area contributed by atoms with Crippen LogP contribution in [-0.2, 0) is 9.53 Å². The zero-order valence-electron chi connectivity index (χ0n) is 14.9. The van der Waals surface area contributed by atoms with Crippen LogP contribution in [0.3, 0.4) is 0 Å². The summed E-state index contributed by atoms with van der Waals surface area (Å²) in [5, 5.41) is 0. The van der Waals surface area contributed by atoms with Crippen molar-refractivity contribution in [3.63, 3.8) is 0 Å². The molecule has 4 aliphatic carbocycles. The highest BCUT2D eigenvalue weighted by Gasteiger charge is 2.72. The molecule has 2 bridgehead atoms. The van der Waals surface area contributed by atoms with Crippen molar-refractivity contribution in [3.8, 4) is 0 Å². The van der Waals surface area contributed by atoms with Crippen LogP contribution in [0.5, 0.6) is 0 Å². The first kappa shape index (κ1) is 15.9. The van der Waals surface area contributed by atoms with Gasteiger partial charge in [-0.3, -0.25) is 4.79 Å². The molecule has 1 unspecified atom stereocenters. The van der Waals surface area contributed by atoms with Crippen LogP contribution in [0.4, 0.5) is 0 Å². The van der Waals surface area contributed by atoms with Crippen molar-refractivity contribution in [1.29, 1.82) is 0 Å². The minimum atomic E-state index is -0.404. The highest BCUT2D eigenvalue weighted by Crippen LogP contribution is 2.71. The number of Topliss-reactive ketones (excluding diaryl/α,β-unsaturated/α-hetero) is 1. The third-order valence-electron chi connectivity index (χ3n) is 9.01. The lowest BCUT2D eigenvalue weighted by atomic mass is 9.45. The Labute approximate surface area is 150 Å². The number of ketones is 1. The van der Waals surface area contributed by atoms with E-state index in [2.05, 4.69) is 19.9 Å². The van der Waals surface area contributed by atoms with E-state index in [0.717, 1.165) is 37.7 Å². The average Bonchev–Trinajstić information content (AvgIpc) is 2.96. The zero-order chi connectivity index (χ0) is 16.7. The SMILES string of the molecule is CC=C1CC[C@H]2[C@@H]3CC4OC[C@@]5(CCC(=O)C[C@]45Cl)[C@H]3CC[C@]12C. The van der Waals surface area contributed by atoms with Crippen LogP contribution in [0.2, 0.25) is 0 Å². The molecule has 132 valence electrons. The van der Waals surface area contributed by atoms with Gasteiger partial charge in [-0.25, -0.2) is 0 Å². The molecule has 0 N–H and O–H groups in total. The molecule has 0 radical (unpaired) electrons. The molecule has 5 rings (SSSR count). The topological polar surface area (TPSA) is 26.3 Å². The number of halogens is 1. The summed E-state index contributed by atoms with van der Waals surface area (Å²) in [7, 11) is 0. The highest BCUT2D eigenvalue weighted by molar-refractivity contribution is 6.27. The molecular weight excluding hydrogens is 320 g/mol. The fourth-order valence-electron chi connectivity index (χ4n) is 7.86. The Kier molecular flexibility index (Phi) is 3.23. The number of fused-ring (bicyclic) bond motifs is 3. The van der Waals surface area contributed by atoms with Gasteiger partial charge in [0.05, 0.1) is 17.6 Å². The quantitative estimate of drug-likeness (QED) is 0.460. The number of allylic oxidation sites excluding steroid dienone is 2. The summed E-state index contributed by atoms with van der Waals surface area (Å²) in [6, 6.07) is 0. The average molecular weight is 349 g/mol. The summed E-state index contributed by atoms with van der Waals surface area (Å²) in [6.07, 6.45) is 11.0. The van der Waals surface area contributed by atoms with Gasteiger partial charge in [-0.1, -0.05) is 18.6 Å². The minimum Gasteiger partial charge on any atom is -0.376 e. The maximum atomic E-state index is 12.2. The van der Waals surface area contributed by atoms with E-state index >= 15 is 0 Å². The number of hydrogen-bond acceptors (Lipinski definition) is 2. The van der Waals surface area contributed by atoms with Gasteiger partial charge < -0.3 is 4.74 Å². The van der Waals surface area contributed by atoms with Crippen molar-refractivity contribution in [2.24, 2.45) is 28.6 Å². The van der Waals surface area contributed by atoms with Gasteiger partial charge in [0.15, 0.2) is 0 Å². The second-order valence-electron chi connectivity index (χ2n) is 9.45. The van der Waals surface area contributed by atoms with Crippen LogP contribution in [0.25, 0.3) is 0 Å². The first-order valence-corrected chi connectivity index (χ1v) is 10.3. The second kappa shape index (κ2) is 4.88. The molecule has 1 aliphatic heterocycles. The monoisotopic (exact) mass is 348 g/mol. The molecule has 7 atom stereocenters. The van der Waals surface area contributed by atoms with E-state index in [1.54, 1.807) is 5.57 Å². The molecule has 0 amide bonds. The highest BCUT2D eigenvalue weighted by atomic mass is 35.5. The molecule has 0 aromatic carbocycles. The number of rotatable bonds is 0. The number of carbonyl (C=O) groups excluding carboxylic acids is 1. The van der Waals surface area contributed by atoms with Crippen LogP contribution < -0.4 is 0 Å². The summed E-state index contributed by atoms with van der Waals surface area (Å²) >= 11 is 7.22. The summed E-state index contributed by atoms with van der Waals surface area (Å²) in [5.41, 5.74) is 2.16. The van der Waals surface area contributed by atoms with Crippen LogP contribution in [-0.4, -0.2) is 23.4 Å². The largest absolute Gasteiger partial charge is 0.376 e. The normalized spacial score (nSPS) is 57.6. The van der Waals surface area contributed by atoms with Crippen molar-refractivity contribution in [3.05, 3.63) is 11.6 Å². The molecule has 5 aliphatic rings. The van der Waals surface area contributed by atoms with Crippen LogP contribution in [0, 0.1) is 28.6 Å². The number of ether oxygens (including phenoxy) is 1. The first-order chi connectivity index (χ1) is 11.4. The maximum absolute atomic E-state index is 12.2. The Morgan fingerprint density at radius 3 is 2.83 bits per heavy atom. The lowest BCUT2D eigenvalue weighted by molar-refractivity contribution is -0.131. The maximum Gasteiger partial charge on any atom is 0.134 e. The molecule has 4 saturated carbocycles. The molecule has 2 nitrogen and oxygen atoms in total. The van der Waals surface area contributed by atoms with E-state index in [0.29, 0.717) is 23.5 Å². The number of carbonyl (C=O) groups is 1. The van der Waals surface area contributed by atoms with Crippen molar-refractivity contribution >= 4 is 17.4 Å². The molecule has 0 aromatic rings. The fourth-order valence-corrected chi connectivity index (χ4v) is 8.45. The molecule has 3 heteroatoms. The van der Waals surface area contributed by atoms with E-state index in [9.17, 15) is 4.79 Å². The van der Waals surface area contributed by atoms with Crippen LogP contribution >= 0.6 is 11.6 Å². The molecule has 5 fully saturated rings. The molecule has 1 saturated heterocycles. The van der Waals surface area contributed by atoms with Crippen molar-refractivity contribution < 1.29 is 9.53 Å². The fraction of sp³-hybridized carbons (Fsp3) is 0.857. The Balaban J connectivity index is 1.56. The van der Waals surface area contributed by atoms with E-state index in [4.69, 9.17) is 16.3 Å². The molecule has 1 heterocycles. The minimum absolute atomic E-state index is 0.0655. The van der Waals surface area contributed by atoms with Crippen LogP contribution in [0.1, 0.15) is 65.2 Å². The third kappa shape index (κ3) is 1.66. The summed E-state index contributed by atoms with van der Waals surface area (Å²) in [6.45, 7) is 5.54. The van der Waals surface area contributed by atoms with Gasteiger partial charge in [-0.05, 0) is 68.6 Å². The van der Waals surface area contributed by atoms with E-state index in [1.807, 2.05) is 0 Å². The van der Waals surface area contributed by atoms with Crippen molar-refractivity contribution in [2.75, 3.05) is 6.61 Å². The molecule has 0 aromatic heterocycles. The smallest absolute Gasteiger partial charge is 0.134 e. The standard InChI is InChI=1S/C21H29ClO2/c1-3-13-4-5-16-15-10-18-21(22)11-14(23)6-9-20(21,12-24-18)17(15)7-8-19(13,16)2/h3,15-18H,4-12H2,1-2H3/t15-,16-,17-,18?,19+,20-,21-/m0/s1. The number of hydrogen-bond donors (Lipinski definition) is 0. The molecular formula is C21H29ClO2. The number of alkyl halides is 1. The van der Waals surface area contributed by atoms with Crippen LogP contribution in [0.15, 0.2) is 11.6 Å². The third-order valence-corrected chi connectivity index (χ3v) is 9.77. The van der Waals surface area contributed by atoms with Gasteiger partial charge in [0.25, 0.3) is 0 Å². The first-order valence-electron chi connectivity index (χ1n) is 9.92. The van der Waals surface area contributed by atoms with Gasteiger partial charge in [-0.15, -0.1) is 11.6 Å². The van der Waals surface area contributed by atoms with E-state index in [1.165, 1.54) is 25.7 Å². The molecule has 0 spiro atoms. The second-order valence-corrected chi connectivity index (χ2v) is 10.1. The van der Waals surface area contributed by atoms with Gasteiger partial charge in [-0.2, -0.15) is 0 Å². The Morgan fingerprint density at radius 1 is 1.21 bits per heavy atom. The van der Waals surface area contributed by atoms with Gasteiger partial charge in [0, 0.05) is 18.3 Å². The Morgan fingerprint density at radius 2 is 2.04 bits per heavy atom. The lowest BCUT2D eigenvalue weighted by Gasteiger charge is -2.61. The molecule has 24 heavy (non-hydrogen) atoms. The van der Waals surface area contributed by atoms with Gasteiger partial charge >= 0.3 is 0 Å². The predicted octanol–water partition coefficient (Wildman–Crippen LogP) is 4.89.